The molecule has 2 amide bonds. The van der Waals surface area contributed by atoms with E-state index in [2.05, 4.69) is 5.32 Å². The molecule has 19 heavy (non-hydrogen) atoms. The number of rotatable bonds is 5. The molecule has 4 nitrogen and oxygen atoms in total. The summed E-state index contributed by atoms with van der Waals surface area (Å²) in [4.78, 5) is 14.7. The standard InChI is InChI=1S/C12H22F3N3O/c1-3-16-11(19)18-6-5-10(8-18)7-17(4-2)9-12(13,14)15/h10H,3-9H2,1-2H3,(H,16,19)/t10-/m1/s1. The highest BCUT2D eigenvalue weighted by atomic mass is 19.4. The number of alkyl halides is 3. The van der Waals surface area contributed by atoms with Gasteiger partial charge in [-0.05, 0) is 25.8 Å². The molecule has 1 aliphatic rings. The third kappa shape index (κ3) is 5.67. The number of nitrogens with one attached hydrogen (secondary N) is 1. The quantitative estimate of drug-likeness (QED) is 0.835. The Balaban J connectivity index is 2.40. The van der Waals surface area contributed by atoms with Crippen LogP contribution in [0.3, 0.4) is 0 Å². The van der Waals surface area contributed by atoms with Crippen LogP contribution in [0, 0.1) is 5.92 Å². The number of carbonyl (C=O) groups excluding carboxylic acids is 1. The molecule has 0 aromatic heterocycles. The topological polar surface area (TPSA) is 35.6 Å². The van der Waals surface area contributed by atoms with Gasteiger partial charge in [-0.3, -0.25) is 4.90 Å². The monoisotopic (exact) mass is 281 g/mol. The fraction of sp³-hybridized carbons (Fsp3) is 0.917. The Labute approximate surface area is 111 Å². The number of carbonyl (C=O) groups is 1. The van der Waals surface area contributed by atoms with E-state index in [0.29, 0.717) is 32.7 Å². The van der Waals surface area contributed by atoms with Crippen LogP contribution in [-0.4, -0.2) is 61.3 Å². The molecule has 0 spiro atoms. The zero-order chi connectivity index (χ0) is 14.5. The average molecular weight is 281 g/mol. The number of urea groups is 1. The zero-order valence-corrected chi connectivity index (χ0v) is 11.5. The number of nitrogens with zero attached hydrogens (tertiary/aromatic N) is 2. The van der Waals surface area contributed by atoms with Crippen LogP contribution < -0.4 is 5.32 Å². The molecule has 1 rings (SSSR count). The first kappa shape index (κ1) is 16.1. The predicted molar refractivity (Wildman–Crippen MR) is 66.9 cm³/mol. The molecular formula is C12H22F3N3O. The van der Waals surface area contributed by atoms with Gasteiger partial charge in [0.25, 0.3) is 0 Å². The van der Waals surface area contributed by atoms with Crippen LogP contribution in [0.25, 0.3) is 0 Å². The number of likely N-dealkylation sites (tertiary alicyclic amines) is 1. The van der Waals surface area contributed by atoms with E-state index in [0.717, 1.165) is 6.42 Å². The van der Waals surface area contributed by atoms with Gasteiger partial charge in [0, 0.05) is 26.2 Å². The van der Waals surface area contributed by atoms with Crippen molar-refractivity contribution in [1.82, 2.24) is 15.1 Å². The fourth-order valence-electron chi connectivity index (χ4n) is 2.35. The van der Waals surface area contributed by atoms with Gasteiger partial charge in [-0.25, -0.2) is 4.79 Å². The van der Waals surface area contributed by atoms with E-state index in [4.69, 9.17) is 0 Å². The first-order valence-corrected chi connectivity index (χ1v) is 6.67. The molecule has 1 aliphatic heterocycles. The van der Waals surface area contributed by atoms with Crippen LogP contribution in [-0.2, 0) is 0 Å². The lowest BCUT2D eigenvalue weighted by Crippen LogP contribution is -2.40. The summed E-state index contributed by atoms with van der Waals surface area (Å²) in [7, 11) is 0. The lowest BCUT2D eigenvalue weighted by molar-refractivity contribution is -0.146. The lowest BCUT2D eigenvalue weighted by Gasteiger charge is -2.25. The van der Waals surface area contributed by atoms with Gasteiger partial charge in [-0.2, -0.15) is 13.2 Å². The molecule has 0 aliphatic carbocycles. The molecule has 1 atom stereocenters. The maximum atomic E-state index is 12.4. The first-order valence-electron chi connectivity index (χ1n) is 6.67. The largest absolute Gasteiger partial charge is 0.401 e. The summed E-state index contributed by atoms with van der Waals surface area (Å²) >= 11 is 0. The van der Waals surface area contributed by atoms with Crippen molar-refractivity contribution >= 4 is 6.03 Å². The maximum Gasteiger partial charge on any atom is 0.401 e. The van der Waals surface area contributed by atoms with Crippen LogP contribution in [0.1, 0.15) is 20.3 Å². The molecule has 0 aromatic carbocycles. The summed E-state index contributed by atoms with van der Waals surface area (Å²) < 4.78 is 37.1. The molecule has 7 heteroatoms. The van der Waals surface area contributed by atoms with Crippen molar-refractivity contribution in [2.45, 2.75) is 26.4 Å². The van der Waals surface area contributed by atoms with Gasteiger partial charge in [0.15, 0.2) is 0 Å². The minimum atomic E-state index is -4.16. The Morgan fingerprint density at radius 1 is 1.42 bits per heavy atom. The molecule has 1 heterocycles. The summed E-state index contributed by atoms with van der Waals surface area (Å²) in [5.41, 5.74) is 0. The van der Waals surface area contributed by atoms with E-state index in [9.17, 15) is 18.0 Å². The molecule has 0 radical (unpaired) electrons. The van der Waals surface area contributed by atoms with E-state index in [1.54, 1.807) is 11.8 Å². The summed E-state index contributed by atoms with van der Waals surface area (Å²) in [5, 5.41) is 2.71. The Morgan fingerprint density at radius 3 is 2.63 bits per heavy atom. The van der Waals surface area contributed by atoms with Crippen molar-refractivity contribution in [3.63, 3.8) is 0 Å². The first-order chi connectivity index (χ1) is 8.85. The Hall–Kier alpha value is -0.980. The third-order valence-electron chi connectivity index (χ3n) is 3.27. The van der Waals surface area contributed by atoms with E-state index in [-0.39, 0.29) is 11.9 Å². The highest BCUT2D eigenvalue weighted by Crippen LogP contribution is 2.21. The van der Waals surface area contributed by atoms with Crippen LogP contribution >= 0.6 is 0 Å². The van der Waals surface area contributed by atoms with Crippen molar-refractivity contribution in [3.8, 4) is 0 Å². The molecule has 1 fully saturated rings. The highest BCUT2D eigenvalue weighted by Gasteiger charge is 2.33. The van der Waals surface area contributed by atoms with Gasteiger partial charge in [-0.1, -0.05) is 6.92 Å². The molecule has 112 valence electrons. The Kier molecular flexibility index (Phi) is 5.90. The maximum absolute atomic E-state index is 12.4. The van der Waals surface area contributed by atoms with Crippen molar-refractivity contribution in [2.75, 3.05) is 39.3 Å². The Bertz CT molecular complexity index is 296. The Morgan fingerprint density at radius 2 is 2.11 bits per heavy atom. The number of halogens is 3. The second-order valence-corrected chi connectivity index (χ2v) is 4.88. The van der Waals surface area contributed by atoms with E-state index >= 15 is 0 Å². The number of hydrogen-bond acceptors (Lipinski definition) is 2. The van der Waals surface area contributed by atoms with Gasteiger partial charge >= 0.3 is 12.2 Å². The van der Waals surface area contributed by atoms with Gasteiger partial charge in [0.2, 0.25) is 0 Å². The SMILES string of the molecule is CCNC(=O)N1CC[C@H](CN(CC)CC(F)(F)F)C1. The van der Waals surface area contributed by atoms with E-state index in [1.165, 1.54) is 4.90 Å². The minimum Gasteiger partial charge on any atom is -0.338 e. The van der Waals surface area contributed by atoms with Gasteiger partial charge < -0.3 is 10.2 Å². The van der Waals surface area contributed by atoms with Gasteiger partial charge in [-0.15, -0.1) is 0 Å². The van der Waals surface area contributed by atoms with Crippen molar-refractivity contribution in [3.05, 3.63) is 0 Å². The molecule has 0 bridgehead atoms. The summed E-state index contributed by atoms with van der Waals surface area (Å²) in [6, 6.07) is -0.121. The normalized spacial score (nSPS) is 20.1. The number of hydrogen-bond donors (Lipinski definition) is 1. The lowest BCUT2D eigenvalue weighted by atomic mass is 10.1. The van der Waals surface area contributed by atoms with Crippen molar-refractivity contribution in [1.29, 1.82) is 0 Å². The summed E-state index contributed by atoms with van der Waals surface area (Å²) in [5.74, 6) is 0.130. The fourth-order valence-corrected chi connectivity index (χ4v) is 2.35. The third-order valence-corrected chi connectivity index (χ3v) is 3.27. The van der Waals surface area contributed by atoms with Crippen molar-refractivity contribution < 1.29 is 18.0 Å². The zero-order valence-electron chi connectivity index (χ0n) is 11.5. The molecule has 0 saturated carbocycles. The summed E-state index contributed by atoms with van der Waals surface area (Å²) in [6.07, 6.45) is -3.39. The van der Waals surface area contributed by atoms with E-state index in [1.807, 2.05) is 6.92 Å². The molecular weight excluding hydrogens is 259 g/mol. The predicted octanol–water partition coefficient (Wildman–Crippen LogP) is 1.92. The minimum absolute atomic E-state index is 0.121. The smallest absolute Gasteiger partial charge is 0.338 e. The summed E-state index contributed by atoms with van der Waals surface area (Å²) in [6.45, 7) is 5.19. The van der Waals surface area contributed by atoms with Crippen LogP contribution in [0.15, 0.2) is 0 Å². The second kappa shape index (κ2) is 6.98. The molecule has 0 aromatic rings. The van der Waals surface area contributed by atoms with Crippen LogP contribution in [0.4, 0.5) is 18.0 Å². The van der Waals surface area contributed by atoms with Crippen LogP contribution in [0.5, 0.6) is 0 Å². The highest BCUT2D eigenvalue weighted by molar-refractivity contribution is 5.74. The average Bonchev–Trinajstić information content (AvgIpc) is 2.75. The van der Waals surface area contributed by atoms with Crippen LogP contribution in [0.2, 0.25) is 0 Å². The second-order valence-electron chi connectivity index (χ2n) is 4.88. The van der Waals surface area contributed by atoms with Gasteiger partial charge in [0.05, 0.1) is 6.54 Å². The van der Waals surface area contributed by atoms with Crippen molar-refractivity contribution in [2.24, 2.45) is 5.92 Å². The van der Waals surface area contributed by atoms with E-state index < -0.39 is 12.7 Å². The number of amides is 2. The molecule has 0 unspecified atom stereocenters. The molecule has 1 N–H and O–H groups in total. The van der Waals surface area contributed by atoms with Gasteiger partial charge in [0.1, 0.15) is 0 Å². The molecule has 1 saturated heterocycles.